The van der Waals surface area contributed by atoms with E-state index in [1.807, 2.05) is 13.0 Å². The minimum Gasteiger partial charge on any atom is -0.393 e. The van der Waals surface area contributed by atoms with Crippen LogP contribution in [0.4, 0.5) is 5.69 Å². The molecular formula is C14H16N2O2. The molecule has 0 bridgehead atoms. The summed E-state index contributed by atoms with van der Waals surface area (Å²) in [6.45, 7) is 3.47. The summed E-state index contributed by atoms with van der Waals surface area (Å²) in [6.07, 6.45) is 1.19. The summed E-state index contributed by atoms with van der Waals surface area (Å²) >= 11 is 0. The third-order valence-corrected chi connectivity index (χ3v) is 3.48. The minimum atomic E-state index is -0.263. The van der Waals surface area contributed by atoms with Gasteiger partial charge in [-0.3, -0.25) is 4.79 Å². The van der Waals surface area contributed by atoms with Crippen LogP contribution < -0.4 is 4.90 Å². The summed E-state index contributed by atoms with van der Waals surface area (Å²) in [6, 6.07) is 7.27. The topological polar surface area (TPSA) is 64.3 Å². The normalized spacial score (nSPS) is 23.5. The number of anilines is 1. The predicted octanol–water partition coefficient (Wildman–Crippen LogP) is 1.58. The first-order chi connectivity index (χ1) is 8.65. The van der Waals surface area contributed by atoms with Crippen LogP contribution in [0.2, 0.25) is 0 Å². The molecule has 0 aromatic heterocycles. The molecule has 1 fully saturated rings. The Morgan fingerprint density at radius 1 is 1.56 bits per heavy atom. The summed E-state index contributed by atoms with van der Waals surface area (Å²) < 4.78 is 0. The smallest absolute Gasteiger partial charge is 0.150 e. The van der Waals surface area contributed by atoms with Crippen LogP contribution in [0, 0.1) is 17.2 Å². The number of carbonyl (C=O) groups is 1. The van der Waals surface area contributed by atoms with Crippen molar-refractivity contribution in [1.29, 1.82) is 5.26 Å². The van der Waals surface area contributed by atoms with Gasteiger partial charge in [0.15, 0.2) is 0 Å². The summed E-state index contributed by atoms with van der Waals surface area (Å²) in [5.74, 6) is 0.191. The Balaban J connectivity index is 2.28. The van der Waals surface area contributed by atoms with Gasteiger partial charge < -0.3 is 10.0 Å². The number of aliphatic hydroxyl groups is 1. The molecule has 1 heterocycles. The van der Waals surface area contributed by atoms with Crippen LogP contribution in [0.1, 0.15) is 29.3 Å². The fraction of sp³-hybridized carbons (Fsp3) is 0.429. The SMILES string of the molecule is CC1CN(c2ccc(C=O)cc2C#N)CCC1O. The van der Waals surface area contributed by atoms with Crippen molar-refractivity contribution in [3.63, 3.8) is 0 Å². The molecule has 4 heteroatoms. The van der Waals surface area contributed by atoms with Crippen molar-refractivity contribution in [2.45, 2.75) is 19.4 Å². The van der Waals surface area contributed by atoms with Crippen molar-refractivity contribution in [1.82, 2.24) is 0 Å². The largest absolute Gasteiger partial charge is 0.393 e. The number of piperidine rings is 1. The first kappa shape index (κ1) is 12.6. The van der Waals surface area contributed by atoms with Crippen LogP contribution in [-0.4, -0.2) is 30.6 Å². The molecule has 0 spiro atoms. The Hall–Kier alpha value is -1.86. The second-order valence-electron chi connectivity index (χ2n) is 4.79. The number of hydrogen-bond acceptors (Lipinski definition) is 4. The van der Waals surface area contributed by atoms with Gasteiger partial charge in [0.05, 0.1) is 17.4 Å². The standard InChI is InChI=1S/C14H16N2O2/c1-10-8-16(5-4-14(10)18)13-3-2-11(9-17)6-12(13)7-15/h2-3,6,9-10,14,18H,4-5,8H2,1H3. The number of aldehydes is 1. The molecule has 2 atom stereocenters. The first-order valence-electron chi connectivity index (χ1n) is 6.08. The van der Waals surface area contributed by atoms with Crippen LogP contribution in [0.15, 0.2) is 18.2 Å². The number of rotatable bonds is 2. The third-order valence-electron chi connectivity index (χ3n) is 3.48. The average Bonchev–Trinajstić information content (AvgIpc) is 2.41. The Morgan fingerprint density at radius 2 is 2.33 bits per heavy atom. The summed E-state index contributed by atoms with van der Waals surface area (Å²) in [5.41, 5.74) is 1.88. The molecule has 4 nitrogen and oxygen atoms in total. The van der Waals surface area contributed by atoms with Gasteiger partial charge in [-0.2, -0.15) is 5.26 Å². The molecule has 94 valence electrons. The van der Waals surface area contributed by atoms with E-state index in [9.17, 15) is 9.90 Å². The van der Waals surface area contributed by atoms with Crippen LogP contribution >= 0.6 is 0 Å². The number of nitrogens with zero attached hydrogens (tertiary/aromatic N) is 2. The second kappa shape index (κ2) is 5.19. The molecule has 1 aliphatic heterocycles. The Bertz CT molecular complexity index is 493. The maximum atomic E-state index is 10.7. The van der Waals surface area contributed by atoms with E-state index in [0.29, 0.717) is 17.5 Å². The number of benzene rings is 1. The van der Waals surface area contributed by atoms with E-state index >= 15 is 0 Å². The third kappa shape index (κ3) is 2.36. The lowest BCUT2D eigenvalue weighted by atomic mass is 9.95. The molecule has 0 radical (unpaired) electrons. The summed E-state index contributed by atoms with van der Waals surface area (Å²) in [4.78, 5) is 12.8. The van der Waals surface area contributed by atoms with Crippen LogP contribution in [0.5, 0.6) is 0 Å². The van der Waals surface area contributed by atoms with Crippen molar-refractivity contribution >= 4 is 12.0 Å². The van der Waals surface area contributed by atoms with Gasteiger partial charge in [0.2, 0.25) is 0 Å². The maximum absolute atomic E-state index is 10.7. The predicted molar refractivity (Wildman–Crippen MR) is 68.5 cm³/mol. The van der Waals surface area contributed by atoms with Crippen LogP contribution in [-0.2, 0) is 0 Å². The Morgan fingerprint density at radius 3 is 2.94 bits per heavy atom. The van der Waals surface area contributed by atoms with Crippen molar-refractivity contribution in [2.24, 2.45) is 5.92 Å². The average molecular weight is 244 g/mol. The van der Waals surface area contributed by atoms with Crippen molar-refractivity contribution in [2.75, 3.05) is 18.0 Å². The van der Waals surface area contributed by atoms with E-state index in [-0.39, 0.29) is 12.0 Å². The maximum Gasteiger partial charge on any atom is 0.150 e. The minimum absolute atomic E-state index is 0.191. The van der Waals surface area contributed by atoms with Gasteiger partial charge >= 0.3 is 0 Å². The van der Waals surface area contributed by atoms with E-state index in [0.717, 1.165) is 25.1 Å². The molecule has 0 saturated carbocycles. The Kier molecular flexibility index (Phi) is 3.63. The van der Waals surface area contributed by atoms with E-state index in [1.165, 1.54) is 0 Å². The van der Waals surface area contributed by atoms with Gasteiger partial charge in [0.1, 0.15) is 12.4 Å². The van der Waals surface area contributed by atoms with Gasteiger partial charge in [-0.1, -0.05) is 6.92 Å². The second-order valence-corrected chi connectivity index (χ2v) is 4.79. The zero-order valence-corrected chi connectivity index (χ0v) is 10.3. The van der Waals surface area contributed by atoms with Crippen molar-refractivity contribution < 1.29 is 9.90 Å². The molecule has 1 N–H and O–H groups in total. The molecule has 1 saturated heterocycles. The fourth-order valence-corrected chi connectivity index (χ4v) is 2.34. The van der Waals surface area contributed by atoms with E-state index in [1.54, 1.807) is 12.1 Å². The highest BCUT2D eigenvalue weighted by atomic mass is 16.3. The summed E-state index contributed by atoms with van der Waals surface area (Å²) in [5, 5.41) is 18.9. The van der Waals surface area contributed by atoms with Gasteiger partial charge in [0.25, 0.3) is 0 Å². The lowest BCUT2D eigenvalue weighted by molar-refractivity contribution is 0.0971. The van der Waals surface area contributed by atoms with Crippen LogP contribution in [0.3, 0.4) is 0 Å². The monoisotopic (exact) mass is 244 g/mol. The van der Waals surface area contributed by atoms with Gasteiger partial charge in [-0.15, -0.1) is 0 Å². The number of aliphatic hydroxyl groups excluding tert-OH is 1. The molecular weight excluding hydrogens is 228 g/mol. The zero-order valence-electron chi connectivity index (χ0n) is 10.3. The van der Waals surface area contributed by atoms with Gasteiger partial charge in [-0.05, 0) is 30.5 Å². The van der Waals surface area contributed by atoms with E-state index < -0.39 is 0 Å². The number of carbonyl (C=O) groups excluding carboxylic acids is 1. The highest BCUT2D eigenvalue weighted by molar-refractivity contribution is 5.78. The van der Waals surface area contributed by atoms with Gasteiger partial charge in [-0.25, -0.2) is 0 Å². The molecule has 1 aromatic rings. The molecule has 18 heavy (non-hydrogen) atoms. The fourth-order valence-electron chi connectivity index (χ4n) is 2.34. The molecule has 2 rings (SSSR count). The van der Waals surface area contributed by atoms with E-state index in [2.05, 4.69) is 11.0 Å². The highest BCUT2D eigenvalue weighted by Crippen LogP contribution is 2.26. The molecule has 1 aromatic carbocycles. The molecule has 0 amide bonds. The number of hydrogen-bond donors (Lipinski definition) is 1. The zero-order chi connectivity index (χ0) is 13.1. The molecule has 0 aliphatic carbocycles. The lowest BCUT2D eigenvalue weighted by Gasteiger charge is -2.36. The molecule has 1 aliphatic rings. The quantitative estimate of drug-likeness (QED) is 0.802. The van der Waals surface area contributed by atoms with Crippen LogP contribution in [0.25, 0.3) is 0 Å². The number of nitriles is 1. The van der Waals surface area contributed by atoms with Crippen molar-refractivity contribution in [3.05, 3.63) is 29.3 Å². The Labute approximate surface area is 106 Å². The van der Waals surface area contributed by atoms with Gasteiger partial charge in [0, 0.05) is 18.7 Å². The molecule has 2 unspecified atom stereocenters. The summed E-state index contributed by atoms with van der Waals surface area (Å²) in [7, 11) is 0. The lowest BCUT2D eigenvalue weighted by Crippen LogP contribution is -2.42. The van der Waals surface area contributed by atoms with Crippen molar-refractivity contribution in [3.8, 4) is 6.07 Å². The first-order valence-corrected chi connectivity index (χ1v) is 6.08. The van der Waals surface area contributed by atoms with E-state index in [4.69, 9.17) is 5.26 Å². The highest BCUT2D eigenvalue weighted by Gasteiger charge is 2.25.